The van der Waals surface area contributed by atoms with E-state index in [0.717, 1.165) is 41.7 Å². The zero-order valence-corrected chi connectivity index (χ0v) is 29.4. The van der Waals surface area contributed by atoms with Gasteiger partial charge in [-0.25, -0.2) is 9.78 Å². The van der Waals surface area contributed by atoms with Crippen LogP contribution in [0.5, 0.6) is 11.5 Å². The minimum atomic E-state index is -1.11. The van der Waals surface area contributed by atoms with Gasteiger partial charge < -0.3 is 36.1 Å². The third-order valence-electron chi connectivity index (χ3n) is 8.82. The quantitative estimate of drug-likeness (QED) is 0.170. The number of pyridine rings is 1. The molecule has 16 nitrogen and oxygen atoms in total. The average molecular weight is 742 g/mol. The van der Waals surface area contributed by atoms with Gasteiger partial charge in [-0.2, -0.15) is 0 Å². The number of benzene rings is 1. The van der Waals surface area contributed by atoms with E-state index in [1.54, 1.807) is 7.11 Å². The van der Waals surface area contributed by atoms with Gasteiger partial charge in [0.2, 0.25) is 23.6 Å². The summed E-state index contributed by atoms with van der Waals surface area (Å²) in [5.74, 6) is -1.27. The predicted molar refractivity (Wildman–Crippen MR) is 186 cm³/mol. The molecule has 2 aromatic rings. The van der Waals surface area contributed by atoms with E-state index >= 15 is 0 Å². The van der Waals surface area contributed by atoms with Crippen LogP contribution in [-0.2, 0) is 28.8 Å². The number of thioether (sulfide) groups is 1. The second-order valence-corrected chi connectivity index (χ2v) is 13.8. The first kappa shape index (κ1) is 39.8. The number of carbonyl (C=O) groups is 7. The summed E-state index contributed by atoms with van der Waals surface area (Å²) in [6.45, 7) is 0.716. The Morgan fingerprint density at radius 2 is 1.75 bits per heavy atom. The van der Waals surface area contributed by atoms with Gasteiger partial charge >= 0.3 is 11.9 Å². The van der Waals surface area contributed by atoms with Crippen LogP contribution in [0.2, 0.25) is 0 Å². The van der Waals surface area contributed by atoms with E-state index in [4.69, 9.17) is 25.4 Å². The summed E-state index contributed by atoms with van der Waals surface area (Å²) in [6, 6.07) is 7.49. The second kappa shape index (κ2) is 19.0. The van der Waals surface area contributed by atoms with Crippen molar-refractivity contribution in [1.82, 2.24) is 20.9 Å². The second-order valence-electron chi connectivity index (χ2n) is 12.6. The number of hydrogen-bond acceptors (Lipinski definition) is 12. The number of rotatable bonds is 12. The van der Waals surface area contributed by atoms with Gasteiger partial charge in [0.25, 0.3) is 0 Å². The number of aromatic carboxylic acids is 1. The molecule has 4 fully saturated rings. The molecule has 4 atom stereocenters. The highest BCUT2D eigenvalue weighted by Gasteiger charge is 2.33. The summed E-state index contributed by atoms with van der Waals surface area (Å²) >= 11 is 0.993. The Hall–Kier alpha value is -5.03. The molecule has 3 aliphatic heterocycles. The Kier molecular flexibility index (Phi) is 14.5. The standard InChI is InChI=1S/C16H21NO3.C10H8N2O4S.C9H14N2O4/c1-19-14-7-6-11(12-9-16(18)17-10-12)8-15(14)20-13-4-2-3-5-13;13-7-4-6(8(14)12-7)17-9-5(10(15)16)2-1-3-11-9;10-5(9(14)15)1-3-7(12)6-2-4-8(13)11-6/h6-8,12-13H,2-5,9-10H2,1H3,(H,17,18);1-3,6H,4H2,(H,15,16)(H,12,13,14);5-6H,1-4,10H2,(H,11,13)(H,14,15). The summed E-state index contributed by atoms with van der Waals surface area (Å²) in [7, 11) is 1.66. The number of nitrogens with zero attached hydrogens (tertiary/aromatic N) is 1. The van der Waals surface area contributed by atoms with Crippen LogP contribution in [0.25, 0.3) is 0 Å². The normalized spacial score (nSPS) is 21.5. The van der Waals surface area contributed by atoms with Gasteiger partial charge in [-0.05, 0) is 68.4 Å². The molecule has 1 aliphatic carbocycles. The number of carboxylic acids is 2. The van der Waals surface area contributed by atoms with Crippen LogP contribution in [-0.4, -0.2) is 93.6 Å². The van der Waals surface area contributed by atoms with Crippen molar-refractivity contribution >= 4 is 53.1 Å². The lowest BCUT2D eigenvalue weighted by Gasteiger charge is -2.18. The lowest BCUT2D eigenvalue weighted by atomic mass is 9.98. The third kappa shape index (κ3) is 11.5. The van der Waals surface area contributed by atoms with Crippen molar-refractivity contribution in [2.24, 2.45) is 5.73 Å². The fraction of sp³-hybridized carbons (Fsp3) is 0.486. The fourth-order valence-corrected chi connectivity index (χ4v) is 7.00. The highest BCUT2D eigenvalue weighted by molar-refractivity contribution is 8.00. The molecule has 6 rings (SSSR count). The monoisotopic (exact) mass is 741 g/mol. The molecule has 0 bridgehead atoms. The first-order valence-electron chi connectivity index (χ1n) is 16.9. The van der Waals surface area contributed by atoms with Crippen molar-refractivity contribution in [2.45, 2.75) is 98.6 Å². The summed E-state index contributed by atoms with van der Waals surface area (Å²) in [6.07, 6.45) is 8.18. The molecule has 4 unspecified atom stereocenters. The van der Waals surface area contributed by atoms with Crippen molar-refractivity contribution < 1.29 is 53.2 Å². The largest absolute Gasteiger partial charge is 0.493 e. The molecule has 1 saturated carbocycles. The summed E-state index contributed by atoms with van der Waals surface area (Å²) in [5.41, 5.74) is 6.43. The number of carboxylic acid groups (broad SMARTS) is 2. The van der Waals surface area contributed by atoms with E-state index in [9.17, 15) is 33.6 Å². The van der Waals surface area contributed by atoms with Crippen LogP contribution < -0.4 is 31.2 Å². The molecule has 0 spiro atoms. The van der Waals surface area contributed by atoms with Gasteiger partial charge in [-0.1, -0.05) is 17.8 Å². The molecular weight excluding hydrogens is 698 g/mol. The van der Waals surface area contributed by atoms with Gasteiger partial charge in [0.1, 0.15) is 11.1 Å². The van der Waals surface area contributed by atoms with Crippen molar-refractivity contribution in [2.75, 3.05) is 13.7 Å². The Labute approximate surface area is 304 Å². The van der Waals surface area contributed by atoms with E-state index in [0.29, 0.717) is 31.9 Å². The topological polar surface area (TPSA) is 253 Å². The number of aromatic nitrogens is 1. The minimum absolute atomic E-state index is 0.0321. The van der Waals surface area contributed by atoms with Crippen LogP contribution in [0.4, 0.5) is 0 Å². The number of amides is 4. The highest BCUT2D eigenvalue weighted by Crippen LogP contribution is 2.35. The van der Waals surface area contributed by atoms with Gasteiger partial charge in [-0.3, -0.25) is 34.1 Å². The number of carbonyl (C=O) groups excluding carboxylic acids is 5. The number of ketones is 1. The molecular formula is C35H43N5O11S. The number of ether oxygens (including phenoxy) is 2. The molecule has 1 aromatic heterocycles. The zero-order valence-electron chi connectivity index (χ0n) is 28.6. The van der Waals surface area contributed by atoms with E-state index in [1.165, 1.54) is 31.2 Å². The Morgan fingerprint density at radius 3 is 2.33 bits per heavy atom. The van der Waals surface area contributed by atoms with Crippen LogP contribution in [0.3, 0.4) is 0 Å². The maximum absolute atomic E-state index is 11.5. The fourth-order valence-electron chi connectivity index (χ4n) is 5.92. The van der Waals surface area contributed by atoms with Crippen LogP contribution in [0.1, 0.15) is 86.0 Å². The van der Waals surface area contributed by atoms with Gasteiger partial charge in [0, 0.05) is 44.3 Å². The Morgan fingerprint density at radius 1 is 1.00 bits per heavy atom. The van der Waals surface area contributed by atoms with Crippen molar-refractivity contribution in [3.8, 4) is 11.5 Å². The van der Waals surface area contributed by atoms with E-state index in [-0.39, 0.29) is 59.3 Å². The van der Waals surface area contributed by atoms with Gasteiger partial charge in [-0.15, -0.1) is 0 Å². The number of imide groups is 1. The number of nitrogens with one attached hydrogen (secondary N) is 3. The number of aliphatic carboxylic acids is 1. The van der Waals surface area contributed by atoms with E-state index < -0.39 is 35.2 Å². The number of methoxy groups -OCH3 is 1. The predicted octanol–water partition coefficient (Wildman–Crippen LogP) is 1.93. The molecule has 1 aromatic carbocycles. The molecule has 52 heavy (non-hydrogen) atoms. The molecule has 4 amide bonds. The maximum Gasteiger partial charge on any atom is 0.338 e. The summed E-state index contributed by atoms with van der Waals surface area (Å²) < 4.78 is 11.5. The summed E-state index contributed by atoms with van der Waals surface area (Å²) in [5, 5.41) is 24.6. The zero-order chi connectivity index (χ0) is 37.8. The minimum Gasteiger partial charge on any atom is -0.493 e. The van der Waals surface area contributed by atoms with E-state index in [2.05, 4.69) is 20.9 Å². The summed E-state index contributed by atoms with van der Waals surface area (Å²) in [4.78, 5) is 81.2. The smallest absolute Gasteiger partial charge is 0.338 e. The molecule has 3 saturated heterocycles. The molecule has 4 heterocycles. The molecule has 0 radical (unpaired) electrons. The first-order valence-corrected chi connectivity index (χ1v) is 17.8. The SMILES string of the molecule is COc1ccc(C2CNC(=O)C2)cc1OC1CCCC1.NC(CCC(=O)C1CCC(=O)N1)C(=O)O.O=C1CC(Sc2ncccc2C(=O)O)C(=O)N1. The number of Topliss-reactive ketones (excluding diaryl/α,β-unsaturated/α-hetero) is 1. The van der Waals surface area contributed by atoms with Crippen LogP contribution in [0, 0.1) is 0 Å². The van der Waals surface area contributed by atoms with Crippen LogP contribution in [0.15, 0.2) is 41.6 Å². The lowest BCUT2D eigenvalue weighted by molar-refractivity contribution is -0.139. The maximum atomic E-state index is 11.5. The lowest BCUT2D eigenvalue weighted by Crippen LogP contribution is -2.35. The van der Waals surface area contributed by atoms with Crippen molar-refractivity contribution in [3.63, 3.8) is 0 Å². The number of nitrogens with two attached hydrogens (primary N) is 1. The van der Waals surface area contributed by atoms with Crippen LogP contribution >= 0.6 is 11.8 Å². The molecule has 4 aliphatic rings. The third-order valence-corrected chi connectivity index (χ3v) is 10.0. The number of hydrogen-bond donors (Lipinski definition) is 6. The highest BCUT2D eigenvalue weighted by atomic mass is 32.2. The average Bonchev–Trinajstić information content (AvgIpc) is 3.94. The molecule has 280 valence electrons. The van der Waals surface area contributed by atoms with Crippen molar-refractivity contribution in [1.29, 1.82) is 0 Å². The van der Waals surface area contributed by atoms with Crippen molar-refractivity contribution in [3.05, 3.63) is 47.7 Å². The first-order chi connectivity index (χ1) is 24.8. The Bertz CT molecular complexity index is 1670. The van der Waals surface area contributed by atoms with E-state index in [1.807, 2.05) is 18.2 Å². The molecule has 7 N–H and O–H groups in total. The van der Waals surface area contributed by atoms with Gasteiger partial charge in [0.05, 0.1) is 30.1 Å². The van der Waals surface area contributed by atoms with Gasteiger partial charge in [0.15, 0.2) is 17.3 Å². The Balaban J connectivity index is 0.000000177. The molecule has 17 heteroatoms.